The molecular weight excluding hydrogens is 242 g/mol. The van der Waals surface area contributed by atoms with E-state index in [1.54, 1.807) is 0 Å². The van der Waals surface area contributed by atoms with Crippen LogP contribution in [0.4, 0.5) is 0 Å². The van der Waals surface area contributed by atoms with Gasteiger partial charge in [-0.3, -0.25) is 9.89 Å². The maximum Gasteiger partial charge on any atom is 0.241 e. The first-order valence-corrected chi connectivity index (χ1v) is 6.20. The van der Waals surface area contributed by atoms with Gasteiger partial charge in [0.2, 0.25) is 5.91 Å². The van der Waals surface area contributed by atoms with Crippen molar-refractivity contribution in [3.05, 3.63) is 48.0 Å². The number of hydrogen-bond donors (Lipinski definition) is 3. The van der Waals surface area contributed by atoms with E-state index in [-0.39, 0.29) is 5.91 Å². The zero-order valence-electron chi connectivity index (χ0n) is 10.5. The molecule has 1 aromatic carbocycles. The molecule has 0 aliphatic heterocycles. The molecule has 4 N–H and O–H groups in total. The van der Waals surface area contributed by atoms with E-state index < -0.39 is 6.04 Å². The lowest BCUT2D eigenvalue weighted by Gasteiger charge is -2.12. The Kier molecular flexibility index (Phi) is 4.63. The number of nitrogens with zero attached hydrogens (tertiary/aromatic N) is 2. The maximum atomic E-state index is 11.8. The summed E-state index contributed by atoms with van der Waals surface area (Å²) >= 11 is 0. The summed E-state index contributed by atoms with van der Waals surface area (Å²) in [7, 11) is 0. The summed E-state index contributed by atoms with van der Waals surface area (Å²) in [6, 6.07) is 8.70. The second-order valence-corrected chi connectivity index (χ2v) is 4.22. The van der Waals surface area contributed by atoms with Gasteiger partial charge in [-0.1, -0.05) is 30.3 Å². The smallest absolute Gasteiger partial charge is 0.241 e. The Bertz CT molecular complexity index is 497. The lowest BCUT2D eigenvalue weighted by molar-refractivity contribution is -0.122. The minimum Gasteiger partial charge on any atom is -0.354 e. The largest absolute Gasteiger partial charge is 0.354 e. The van der Waals surface area contributed by atoms with Crippen LogP contribution in [0.15, 0.2) is 36.7 Å². The summed E-state index contributed by atoms with van der Waals surface area (Å²) in [6.07, 6.45) is 3.02. The monoisotopic (exact) mass is 259 g/mol. The fourth-order valence-corrected chi connectivity index (χ4v) is 1.74. The average Bonchev–Trinajstić information content (AvgIpc) is 2.96. The van der Waals surface area contributed by atoms with Gasteiger partial charge in [0, 0.05) is 13.0 Å². The molecule has 0 spiro atoms. The van der Waals surface area contributed by atoms with Crippen LogP contribution in [-0.4, -0.2) is 27.6 Å². The van der Waals surface area contributed by atoms with Crippen molar-refractivity contribution in [2.45, 2.75) is 18.9 Å². The minimum absolute atomic E-state index is 0.163. The van der Waals surface area contributed by atoms with E-state index in [2.05, 4.69) is 20.5 Å². The highest BCUT2D eigenvalue weighted by atomic mass is 16.2. The predicted octanol–water partition coefficient (Wildman–Crippen LogP) is 0.554. The first-order chi connectivity index (χ1) is 9.27. The molecule has 1 heterocycles. The Balaban J connectivity index is 1.72. The number of aryl methyl sites for hydroxylation is 1. The van der Waals surface area contributed by atoms with E-state index >= 15 is 0 Å². The fraction of sp³-hybridized carbons (Fsp3) is 0.308. The highest BCUT2D eigenvalue weighted by Crippen LogP contribution is 2.09. The number of rotatable bonds is 6. The number of nitrogens with two attached hydrogens (primary N) is 1. The van der Waals surface area contributed by atoms with Gasteiger partial charge in [-0.25, -0.2) is 4.98 Å². The molecular formula is C13H17N5O. The number of benzene rings is 1. The van der Waals surface area contributed by atoms with E-state index in [0.29, 0.717) is 6.54 Å². The van der Waals surface area contributed by atoms with Gasteiger partial charge in [-0.2, -0.15) is 5.10 Å². The van der Waals surface area contributed by atoms with Crippen molar-refractivity contribution < 1.29 is 4.79 Å². The molecule has 0 saturated heterocycles. The third kappa shape index (κ3) is 3.89. The van der Waals surface area contributed by atoms with Crippen LogP contribution < -0.4 is 11.1 Å². The van der Waals surface area contributed by atoms with Crippen LogP contribution in [0.3, 0.4) is 0 Å². The first-order valence-electron chi connectivity index (χ1n) is 6.20. The van der Waals surface area contributed by atoms with Gasteiger partial charge >= 0.3 is 0 Å². The minimum atomic E-state index is -0.619. The van der Waals surface area contributed by atoms with Crippen LogP contribution in [0.25, 0.3) is 0 Å². The molecule has 0 bridgehead atoms. The molecule has 19 heavy (non-hydrogen) atoms. The van der Waals surface area contributed by atoms with Crippen molar-refractivity contribution in [1.82, 2.24) is 20.5 Å². The molecule has 0 radical (unpaired) electrons. The normalized spacial score (nSPS) is 12.1. The van der Waals surface area contributed by atoms with E-state index in [1.165, 1.54) is 6.33 Å². The quantitative estimate of drug-likeness (QED) is 0.660. The molecule has 6 nitrogen and oxygen atoms in total. The number of amides is 1. The molecule has 2 aromatic rings. The Hall–Kier alpha value is -2.21. The van der Waals surface area contributed by atoms with Crippen molar-refractivity contribution >= 4 is 5.91 Å². The van der Waals surface area contributed by atoms with E-state index in [4.69, 9.17) is 5.73 Å². The van der Waals surface area contributed by atoms with Crippen LogP contribution in [-0.2, 0) is 11.2 Å². The van der Waals surface area contributed by atoms with Crippen molar-refractivity contribution in [3.63, 3.8) is 0 Å². The maximum absolute atomic E-state index is 11.8. The number of aromatic nitrogens is 3. The molecule has 6 heteroatoms. The fourth-order valence-electron chi connectivity index (χ4n) is 1.74. The van der Waals surface area contributed by atoms with Gasteiger partial charge in [-0.15, -0.1) is 0 Å². The molecule has 1 amide bonds. The topological polar surface area (TPSA) is 96.7 Å². The molecule has 0 saturated carbocycles. The summed E-state index contributed by atoms with van der Waals surface area (Å²) in [5.41, 5.74) is 6.69. The molecule has 100 valence electrons. The lowest BCUT2D eigenvalue weighted by atomic mass is 10.1. The van der Waals surface area contributed by atoms with Crippen molar-refractivity contribution in [2.75, 3.05) is 6.54 Å². The van der Waals surface area contributed by atoms with Gasteiger partial charge in [-0.05, 0) is 12.0 Å². The van der Waals surface area contributed by atoms with E-state index in [0.717, 1.165) is 24.2 Å². The molecule has 0 aliphatic rings. The second-order valence-electron chi connectivity index (χ2n) is 4.22. The molecule has 2 rings (SSSR count). The number of H-pyrrole nitrogens is 1. The summed E-state index contributed by atoms with van der Waals surface area (Å²) in [5, 5.41) is 9.35. The zero-order chi connectivity index (χ0) is 13.5. The van der Waals surface area contributed by atoms with Crippen molar-refractivity contribution in [2.24, 2.45) is 5.73 Å². The third-order valence-electron chi connectivity index (χ3n) is 2.80. The van der Waals surface area contributed by atoms with Gasteiger partial charge in [0.1, 0.15) is 18.2 Å². The predicted molar refractivity (Wildman–Crippen MR) is 71.1 cm³/mol. The standard InChI is InChI=1S/C13H17N5O/c14-12(10-5-2-1-3-6-10)13(19)15-8-4-7-11-16-9-17-18-11/h1-3,5-6,9,12H,4,7-8,14H2,(H,15,19)(H,16,17,18)/t12-/m0/s1. The highest BCUT2D eigenvalue weighted by molar-refractivity contribution is 5.82. The zero-order valence-corrected chi connectivity index (χ0v) is 10.5. The summed E-state index contributed by atoms with van der Waals surface area (Å²) in [4.78, 5) is 15.8. The number of carbonyl (C=O) groups is 1. The van der Waals surface area contributed by atoms with Gasteiger partial charge in [0.05, 0.1) is 0 Å². The molecule has 0 fully saturated rings. The molecule has 1 aromatic heterocycles. The van der Waals surface area contributed by atoms with Crippen LogP contribution in [0, 0.1) is 0 Å². The second kappa shape index (κ2) is 6.65. The number of carbonyl (C=O) groups excluding carboxylic acids is 1. The van der Waals surface area contributed by atoms with Crippen LogP contribution in [0.2, 0.25) is 0 Å². The SMILES string of the molecule is N[C@H](C(=O)NCCCc1ncn[nH]1)c1ccccc1. The lowest BCUT2D eigenvalue weighted by Crippen LogP contribution is -2.34. The van der Waals surface area contributed by atoms with Gasteiger partial charge in [0.15, 0.2) is 0 Å². The summed E-state index contributed by atoms with van der Waals surface area (Å²) in [5.74, 6) is 0.658. The van der Waals surface area contributed by atoms with Gasteiger partial charge in [0.25, 0.3) is 0 Å². The molecule has 0 aliphatic carbocycles. The Labute approximate surface area is 111 Å². The van der Waals surface area contributed by atoms with Crippen molar-refractivity contribution in [1.29, 1.82) is 0 Å². The van der Waals surface area contributed by atoms with Crippen LogP contribution in [0.1, 0.15) is 23.9 Å². The molecule has 1 atom stereocenters. The first kappa shape index (κ1) is 13.2. The van der Waals surface area contributed by atoms with E-state index in [1.807, 2.05) is 30.3 Å². The Morgan fingerprint density at radius 2 is 2.16 bits per heavy atom. The number of aromatic amines is 1. The highest BCUT2D eigenvalue weighted by Gasteiger charge is 2.14. The van der Waals surface area contributed by atoms with E-state index in [9.17, 15) is 4.79 Å². The summed E-state index contributed by atoms with van der Waals surface area (Å²) < 4.78 is 0. The summed E-state index contributed by atoms with van der Waals surface area (Å²) in [6.45, 7) is 0.570. The average molecular weight is 259 g/mol. The van der Waals surface area contributed by atoms with Crippen LogP contribution in [0.5, 0.6) is 0 Å². The number of nitrogens with one attached hydrogen (secondary N) is 2. The van der Waals surface area contributed by atoms with Crippen LogP contribution >= 0.6 is 0 Å². The Morgan fingerprint density at radius 1 is 1.37 bits per heavy atom. The molecule has 0 unspecified atom stereocenters. The van der Waals surface area contributed by atoms with Crippen molar-refractivity contribution in [3.8, 4) is 0 Å². The number of hydrogen-bond acceptors (Lipinski definition) is 4. The Morgan fingerprint density at radius 3 is 2.84 bits per heavy atom. The third-order valence-corrected chi connectivity index (χ3v) is 2.80. The van der Waals surface area contributed by atoms with Gasteiger partial charge < -0.3 is 11.1 Å².